The van der Waals surface area contributed by atoms with E-state index < -0.39 is 11.7 Å². The van der Waals surface area contributed by atoms with Crippen LogP contribution in [0.4, 0.5) is 18.9 Å². The number of hydrogen-bond acceptors (Lipinski definition) is 3. The van der Waals surface area contributed by atoms with Crippen LogP contribution in [0.5, 0.6) is 0 Å². The highest BCUT2D eigenvalue weighted by Gasteiger charge is 2.31. The molecule has 0 aliphatic heterocycles. The Bertz CT molecular complexity index is 473. The van der Waals surface area contributed by atoms with Gasteiger partial charge in [-0.15, -0.1) is 0 Å². The third-order valence-corrected chi connectivity index (χ3v) is 1.78. The van der Waals surface area contributed by atoms with Gasteiger partial charge < -0.3 is 5.73 Å². The molecule has 0 atom stereocenters. The first-order valence-electron chi connectivity index (χ1n) is 3.65. The predicted octanol–water partition coefficient (Wildman–Crippen LogP) is 1.56. The van der Waals surface area contributed by atoms with Crippen molar-refractivity contribution in [3.8, 4) is 0 Å². The second-order valence-electron chi connectivity index (χ2n) is 2.75. The minimum Gasteiger partial charge on any atom is -0.397 e. The summed E-state index contributed by atoms with van der Waals surface area (Å²) in [4.78, 5) is 0. The minimum absolute atomic E-state index is 0.0384. The minimum atomic E-state index is -4.42. The smallest absolute Gasteiger partial charge is 0.397 e. The molecule has 0 fully saturated rings. The maximum atomic E-state index is 12.3. The Kier molecular flexibility index (Phi) is 1.63. The lowest BCUT2D eigenvalue weighted by molar-refractivity contribution is -0.137. The van der Waals surface area contributed by atoms with Crippen LogP contribution in [0.3, 0.4) is 0 Å². The summed E-state index contributed by atoms with van der Waals surface area (Å²) in [6, 6.07) is 1.74. The number of H-pyrrole nitrogens is 1. The zero-order chi connectivity index (χ0) is 10.3. The van der Waals surface area contributed by atoms with Crippen molar-refractivity contribution in [2.45, 2.75) is 6.18 Å². The fourth-order valence-corrected chi connectivity index (χ4v) is 1.14. The van der Waals surface area contributed by atoms with E-state index >= 15 is 0 Å². The number of hydrogen-bond donors (Lipinski definition) is 2. The van der Waals surface area contributed by atoms with Gasteiger partial charge in [0.25, 0.3) is 0 Å². The lowest BCUT2D eigenvalue weighted by Gasteiger charge is -2.06. The number of benzene rings is 1. The molecule has 0 unspecified atom stereocenters. The highest BCUT2D eigenvalue weighted by atomic mass is 19.4. The summed E-state index contributed by atoms with van der Waals surface area (Å²) in [7, 11) is 0. The molecule has 1 aromatic carbocycles. The molecule has 14 heavy (non-hydrogen) atoms. The third-order valence-electron chi connectivity index (χ3n) is 1.78. The Morgan fingerprint density at radius 2 is 1.93 bits per heavy atom. The number of fused-ring (bicyclic) bond motifs is 1. The lowest BCUT2D eigenvalue weighted by atomic mass is 10.1. The molecule has 0 amide bonds. The summed E-state index contributed by atoms with van der Waals surface area (Å²) in [5, 5.41) is 9.36. The molecule has 0 saturated carbocycles. The van der Waals surface area contributed by atoms with E-state index in [4.69, 9.17) is 5.73 Å². The molecule has 2 aromatic rings. The number of nitrogen functional groups attached to an aromatic ring is 1. The van der Waals surface area contributed by atoms with Crippen LogP contribution in [-0.2, 0) is 6.18 Å². The number of alkyl halides is 3. The molecular formula is C7H5F3N4. The van der Waals surface area contributed by atoms with Gasteiger partial charge in [0.05, 0.1) is 11.3 Å². The molecule has 74 valence electrons. The first kappa shape index (κ1) is 8.79. The number of rotatable bonds is 0. The van der Waals surface area contributed by atoms with Gasteiger partial charge in [-0.3, -0.25) is 0 Å². The van der Waals surface area contributed by atoms with Crippen LogP contribution >= 0.6 is 0 Å². The molecule has 0 bridgehead atoms. The first-order valence-corrected chi connectivity index (χ1v) is 3.65. The van der Waals surface area contributed by atoms with Crippen molar-refractivity contribution in [1.29, 1.82) is 0 Å². The number of halogens is 3. The predicted molar refractivity (Wildman–Crippen MR) is 43.3 cm³/mol. The maximum Gasteiger partial charge on any atom is 0.416 e. The SMILES string of the molecule is Nc1cc(C(F)(F)F)cc2n[15nH]nc12. The molecule has 0 aliphatic carbocycles. The van der Waals surface area contributed by atoms with Gasteiger partial charge in [0.15, 0.2) is 0 Å². The van der Waals surface area contributed by atoms with Gasteiger partial charge in [-0.2, -0.15) is 28.6 Å². The van der Waals surface area contributed by atoms with Crippen molar-refractivity contribution >= 4 is 16.7 Å². The van der Waals surface area contributed by atoms with Crippen LogP contribution in [0.2, 0.25) is 0 Å². The average molecular weight is 203 g/mol. The summed E-state index contributed by atoms with van der Waals surface area (Å²) in [5.41, 5.74) is 4.87. The number of anilines is 1. The summed E-state index contributed by atoms with van der Waals surface area (Å²) in [6.45, 7) is 0. The van der Waals surface area contributed by atoms with E-state index in [1.54, 1.807) is 0 Å². The number of nitrogens with one attached hydrogen (secondary N) is 1. The molecule has 7 heteroatoms. The van der Waals surface area contributed by atoms with Crippen LogP contribution < -0.4 is 5.73 Å². The standard InChI is InChI=1S/C7H5F3N4/c8-7(9,10)3-1-4(11)6-5(2-3)12-14-13-6/h1-2H,11H2,(H,12,13,14)/i14+1. The fraction of sp³-hybridized carbons (Fsp3) is 0.143. The van der Waals surface area contributed by atoms with Gasteiger partial charge in [0, 0.05) is 0 Å². The molecule has 0 spiro atoms. The molecule has 1 heterocycles. The van der Waals surface area contributed by atoms with Gasteiger partial charge in [0.2, 0.25) is 0 Å². The topological polar surface area (TPSA) is 67.6 Å². The Balaban J connectivity index is 2.70. The van der Waals surface area contributed by atoms with Crippen molar-refractivity contribution in [2.75, 3.05) is 5.73 Å². The average Bonchev–Trinajstić information content (AvgIpc) is 2.50. The largest absolute Gasteiger partial charge is 0.416 e. The molecule has 0 saturated heterocycles. The Hall–Kier alpha value is -1.79. The van der Waals surface area contributed by atoms with Gasteiger partial charge in [-0.1, -0.05) is 0 Å². The van der Waals surface area contributed by atoms with Crippen molar-refractivity contribution in [2.24, 2.45) is 0 Å². The highest BCUT2D eigenvalue weighted by Crippen LogP contribution is 2.32. The Morgan fingerprint density at radius 1 is 1.21 bits per heavy atom. The molecule has 1 aromatic heterocycles. The number of aromatic amines is 1. The fourth-order valence-electron chi connectivity index (χ4n) is 1.14. The van der Waals surface area contributed by atoms with Crippen LogP contribution in [0, 0.1) is 0 Å². The number of nitrogens with zero attached hydrogens (tertiary/aromatic N) is 2. The number of nitrogens with two attached hydrogens (primary N) is 1. The zero-order valence-corrected chi connectivity index (χ0v) is 6.76. The Labute approximate surface area is 75.9 Å². The summed E-state index contributed by atoms with van der Waals surface area (Å²) in [5.74, 6) is 0. The molecule has 0 aliphatic rings. The van der Waals surface area contributed by atoms with E-state index in [0.29, 0.717) is 0 Å². The summed E-state index contributed by atoms with van der Waals surface area (Å²) in [6.07, 6.45) is -4.42. The first-order chi connectivity index (χ1) is 6.48. The summed E-state index contributed by atoms with van der Waals surface area (Å²) < 4.78 is 36.9. The van der Waals surface area contributed by atoms with E-state index in [9.17, 15) is 13.2 Å². The van der Waals surface area contributed by atoms with E-state index in [-0.39, 0.29) is 16.7 Å². The second kappa shape index (κ2) is 2.60. The van der Waals surface area contributed by atoms with Gasteiger partial charge >= 0.3 is 6.18 Å². The van der Waals surface area contributed by atoms with E-state index in [2.05, 4.69) is 15.4 Å². The van der Waals surface area contributed by atoms with Gasteiger partial charge in [0.1, 0.15) is 11.0 Å². The second-order valence-corrected chi connectivity index (χ2v) is 2.75. The molecule has 0 radical (unpaired) electrons. The van der Waals surface area contributed by atoms with Crippen LogP contribution in [0.1, 0.15) is 5.56 Å². The molecular weight excluding hydrogens is 198 g/mol. The zero-order valence-electron chi connectivity index (χ0n) is 6.76. The monoisotopic (exact) mass is 203 g/mol. The van der Waals surface area contributed by atoms with Crippen molar-refractivity contribution in [3.05, 3.63) is 17.7 Å². The van der Waals surface area contributed by atoms with Crippen LogP contribution in [0.25, 0.3) is 11.0 Å². The quantitative estimate of drug-likeness (QED) is 0.638. The maximum absolute atomic E-state index is 12.3. The van der Waals surface area contributed by atoms with E-state index in [1.807, 2.05) is 0 Å². The highest BCUT2D eigenvalue weighted by molar-refractivity contribution is 5.86. The van der Waals surface area contributed by atoms with Gasteiger partial charge in [-0.25, -0.2) is 0 Å². The third kappa shape index (κ3) is 1.26. The lowest BCUT2D eigenvalue weighted by Crippen LogP contribution is -2.05. The van der Waals surface area contributed by atoms with E-state index in [1.165, 1.54) is 0 Å². The molecule has 2 rings (SSSR count). The van der Waals surface area contributed by atoms with Crippen molar-refractivity contribution < 1.29 is 13.2 Å². The molecule has 4 nitrogen and oxygen atoms in total. The molecule has 3 N–H and O–H groups in total. The van der Waals surface area contributed by atoms with Crippen LogP contribution in [0.15, 0.2) is 12.1 Å². The van der Waals surface area contributed by atoms with Crippen molar-refractivity contribution in [3.63, 3.8) is 0 Å². The Morgan fingerprint density at radius 3 is 2.57 bits per heavy atom. The summed E-state index contributed by atoms with van der Waals surface area (Å²) >= 11 is 0. The van der Waals surface area contributed by atoms with Crippen LogP contribution in [-0.4, -0.2) is 15.4 Å². The normalized spacial score (nSPS) is 12.2. The van der Waals surface area contributed by atoms with E-state index in [0.717, 1.165) is 12.1 Å². The van der Waals surface area contributed by atoms with Gasteiger partial charge in [-0.05, 0) is 12.1 Å². The van der Waals surface area contributed by atoms with Crippen molar-refractivity contribution in [1.82, 2.24) is 15.4 Å². The number of aromatic nitrogens is 3.